The van der Waals surface area contributed by atoms with E-state index in [1.165, 1.54) is 29.9 Å². The summed E-state index contributed by atoms with van der Waals surface area (Å²) in [6.07, 6.45) is 3.34. The molecular formula is C20H23NO2. The Balaban J connectivity index is 1.76. The number of carbonyl (C=O) groups is 1. The van der Waals surface area contributed by atoms with Gasteiger partial charge in [0.25, 0.3) is 0 Å². The lowest BCUT2D eigenvalue weighted by Gasteiger charge is -2.41. The van der Waals surface area contributed by atoms with E-state index in [1.807, 2.05) is 0 Å². The number of hydrogen-bond acceptors (Lipinski definition) is 3. The number of ether oxygens (including phenoxy) is 1. The van der Waals surface area contributed by atoms with E-state index >= 15 is 0 Å². The summed E-state index contributed by atoms with van der Waals surface area (Å²) in [6, 6.07) is 16.0. The van der Waals surface area contributed by atoms with Gasteiger partial charge in [-0.25, -0.2) is 0 Å². The molecule has 2 aliphatic rings. The molecule has 4 atom stereocenters. The van der Waals surface area contributed by atoms with E-state index in [0.717, 1.165) is 12.8 Å². The molecule has 4 rings (SSSR count). The maximum atomic E-state index is 12.5. The Morgan fingerprint density at radius 3 is 2.70 bits per heavy atom. The average molecular weight is 309 g/mol. The van der Waals surface area contributed by atoms with Crippen molar-refractivity contribution in [2.75, 3.05) is 14.2 Å². The molecule has 2 heterocycles. The number of nitrogens with zero attached hydrogens (tertiary/aromatic N) is 1. The van der Waals surface area contributed by atoms with E-state index < -0.39 is 0 Å². The summed E-state index contributed by atoms with van der Waals surface area (Å²) < 4.78 is 5.16. The van der Waals surface area contributed by atoms with Crippen molar-refractivity contribution in [2.24, 2.45) is 5.92 Å². The van der Waals surface area contributed by atoms with Crippen molar-refractivity contribution in [3.63, 3.8) is 0 Å². The van der Waals surface area contributed by atoms with E-state index in [2.05, 4.69) is 54.4 Å². The fourth-order valence-electron chi connectivity index (χ4n) is 4.71. The Labute approximate surface area is 137 Å². The molecule has 3 unspecified atom stereocenters. The Bertz CT molecular complexity index is 741. The summed E-state index contributed by atoms with van der Waals surface area (Å²) in [5.74, 6) is 0.158. The van der Waals surface area contributed by atoms with E-state index in [1.54, 1.807) is 0 Å². The summed E-state index contributed by atoms with van der Waals surface area (Å²) in [5.41, 5.74) is 1.28. The van der Waals surface area contributed by atoms with Gasteiger partial charge >= 0.3 is 5.97 Å². The molecule has 0 saturated carbocycles. The minimum absolute atomic E-state index is 0.0510. The van der Waals surface area contributed by atoms with Gasteiger partial charge in [0.05, 0.1) is 13.0 Å². The van der Waals surface area contributed by atoms with Gasteiger partial charge in [0.1, 0.15) is 0 Å². The van der Waals surface area contributed by atoms with Gasteiger partial charge in [-0.05, 0) is 42.6 Å². The third-order valence-corrected chi connectivity index (χ3v) is 5.94. The Hall–Kier alpha value is -1.87. The first-order valence-electron chi connectivity index (χ1n) is 8.47. The fourth-order valence-corrected chi connectivity index (χ4v) is 4.71. The van der Waals surface area contributed by atoms with E-state index in [0.29, 0.717) is 12.1 Å². The zero-order valence-electron chi connectivity index (χ0n) is 13.7. The number of fused-ring (bicyclic) bond motifs is 3. The van der Waals surface area contributed by atoms with Crippen molar-refractivity contribution in [1.29, 1.82) is 0 Å². The van der Waals surface area contributed by atoms with Crippen LogP contribution in [0.3, 0.4) is 0 Å². The van der Waals surface area contributed by atoms with Crippen LogP contribution in [0, 0.1) is 5.92 Å². The SMILES string of the molecule is COC(=O)[C@H]1C(c2ccc3ccccc3c2)CC2CCC1N2C. The van der Waals surface area contributed by atoms with Crippen LogP contribution in [0.4, 0.5) is 0 Å². The molecule has 2 bridgehead atoms. The lowest BCUT2D eigenvalue weighted by atomic mass is 9.76. The van der Waals surface area contributed by atoms with Crippen LogP contribution in [-0.2, 0) is 9.53 Å². The normalized spacial score (nSPS) is 30.5. The van der Waals surface area contributed by atoms with Gasteiger partial charge in [-0.2, -0.15) is 0 Å². The Morgan fingerprint density at radius 1 is 1.13 bits per heavy atom. The summed E-state index contributed by atoms with van der Waals surface area (Å²) in [5, 5.41) is 2.50. The molecule has 2 saturated heterocycles. The van der Waals surface area contributed by atoms with Gasteiger partial charge < -0.3 is 4.74 Å². The molecule has 0 aromatic heterocycles. The highest BCUT2D eigenvalue weighted by atomic mass is 16.5. The van der Waals surface area contributed by atoms with Crippen LogP contribution in [0.1, 0.15) is 30.7 Å². The molecular weight excluding hydrogens is 286 g/mol. The number of hydrogen-bond donors (Lipinski definition) is 0. The smallest absolute Gasteiger partial charge is 0.310 e. The monoisotopic (exact) mass is 309 g/mol. The number of carbonyl (C=O) groups excluding carboxylic acids is 1. The number of methoxy groups -OCH3 is 1. The van der Waals surface area contributed by atoms with E-state index in [-0.39, 0.29) is 17.8 Å². The third kappa shape index (κ3) is 2.34. The second-order valence-electron chi connectivity index (χ2n) is 6.96. The summed E-state index contributed by atoms with van der Waals surface area (Å²) in [7, 11) is 3.68. The van der Waals surface area contributed by atoms with Gasteiger partial charge in [0.2, 0.25) is 0 Å². The highest BCUT2D eigenvalue weighted by molar-refractivity contribution is 5.83. The summed E-state index contributed by atoms with van der Waals surface area (Å²) in [4.78, 5) is 14.9. The topological polar surface area (TPSA) is 29.5 Å². The largest absolute Gasteiger partial charge is 0.469 e. The lowest BCUT2D eigenvalue weighted by Crippen LogP contribution is -2.49. The van der Waals surface area contributed by atoms with E-state index in [4.69, 9.17) is 4.74 Å². The molecule has 3 heteroatoms. The third-order valence-electron chi connectivity index (χ3n) is 5.94. The maximum absolute atomic E-state index is 12.5. The van der Waals surface area contributed by atoms with Gasteiger partial charge in [0, 0.05) is 18.0 Å². The minimum atomic E-state index is -0.0552. The molecule has 0 amide bonds. The number of rotatable bonds is 2. The second-order valence-corrected chi connectivity index (χ2v) is 6.96. The van der Waals surface area contributed by atoms with Crippen molar-refractivity contribution >= 4 is 16.7 Å². The molecule has 2 aliphatic heterocycles. The van der Waals surface area contributed by atoms with Crippen LogP contribution in [0.2, 0.25) is 0 Å². The van der Waals surface area contributed by atoms with Gasteiger partial charge in [-0.1, -0.05) is 42.5 Å². The Kier molecular flexibility index (Phi) is 3.61. The average Bonchev–Trinajstić information content (AvgIpc) is 2.83. The molecule has 0 spiro atoms. The summed E-state index contributed by atoms with van der Waals surface area (Å²) in [6.45, 7) is 0. The first kappa shape index (κ1) is 14.7. The van der Waals surface area contributed by atoms with Crippen LogP contribution in [0.25, 0.3) is 10.8 Å². The zero-order chi connectivity index (χ0) is 16.0. The van der Waals surface area contributed by atoms with Crippen molar-refractivity contribution in [1.82, 2.24) is 4.90 Å². The van der Waals surface area contributed by atoms with E-state index in [9.17, 15) is 4.79 Å². The van der Waals surface area contributed by atoms with Crippen molar-refractivity contribution in [3.8, 4) is 0 Å². The predicted octanol–water partition coefficient (Wildman–Crippen LogP) is 3.58. The molecule has 2 aromatic carbocycles. The van der Waals surface area contributed by atoms with Crippen LogP contribution in [0.5, 0.6) is 0 Å². The van der Waals surface area contributed by atoms with Crippen molar-refractivity contribution < 1.29 is 9.53 Å². The molecule has 120 valence electrons. The standard InChI is InChI=1S/C20H23NO2/c1-21-16-9-10-18(21)19(20(22)23-2)17(12-16)15-8-7-13-5-3-4-6-14(13)11-15/h3-8,11,16-19H,9-10,12H2,1-2H3/t16?,17?,18?,19-/m0/s1. The quantitative estimate of drug-likeness (QED) is 0.794. The summed E-state index contributed by atoms with van der Waals surface area (Å²) >= 11 is 0. The van der Waals surface area contributed by atoms with Crippen LogP contribution in [0.15, 0.2) is 42.5 Å². The fraction of sp³-hybridized carbons (Fsp3) is 0.450. The molecule has 0 radical (unpaired) electrons. The molecule has 0 aliphatic carbocycles. The second kappa shape index (κ2) is 5.64. The molecule has 0 N–H and O–H groups in total. The highest BCUT2D eigenvalue weighted by Gasteiger charge is 2.49. The first-order chi connectivity index (χ1) is 11.2. The predicted molar refractivity (Wildman–Crippen MR) is 91.4 cm³/mol. The van der Waals surface area contributed by atoms with Crippen LogP contribution >= 0.6 is 0 Å². The molecule has 2 aromatic rings. The van der Waals surface area contributed by atoms with Gasteiger partial charge in [0.15, 0.2) is 0 Å². The number of benzene rings is 2. The molecule has 2 fully saturated rings. The molecule has 23 heavy (non-hydrogen) atoms. The molecule has 3 nitrogen and oxygen atoms in total. The minimum Gasteiger partial charge on any atom is -0.469 e. The van der Waals surface area contributed by atoms with Gasteiger partial charge in [-0.3, -0.25) is 9.69 Å². The van der Waals surface area contributed by atoms with Crippen LogP contribution < -0.4 is 0 Å². The first-order valence-corrected chi connectivity index (χ1v) is 8.47. The highest BCUT2D eigenvalue weighted by Crippen LogP contribution is 2.46. The van der Waals surface area contributed by atoms with Gasteiger partial charge in [-0.15, -0.1) is 0 Å². The zero-order valence-corrected chi connectivity index (χ0v) is 13.7. The number of piperidine rings is 1. The Morgan fingerprint density at radius 2 is 1.91 bits per heavy atom. The number of esters is 1. The van der Waals surface area contributed by atoms with Crippen molar-refractivity contribution in [2.45, 2.75) is 37.3 Å². The maximum Gasteiger partial charge on any atom is 0.310 e. The van der Waals surface area contributed by atoms with Crippen molar-refractivity contribution in [3.05, 3.63) is 48.0 Å². The lowest BCUT2D eigenvalue weighted by molar-refractivity contribution is -0.150. The van der Waals surface area contributed by atoms with Crippen LogP contribution in [-0.4, -0.2) is 37.1 Å².